The lowest BCUT2D eigenvalue weighted by Crippen LogP contribution is -2.21. The molecule has 0 amide bonds. The number of benzene rings is 7. The van der Waals surface area contributed by atoms with Crippen molar-refractivity contribution in [3.8, 4) is 0 Å². The summed E-state index contributed by atoms with van der Waals surface area (Å²) in [7, 11) is 0. The highest BCUT2D eigenvalue weighted by molar-refractivity contribution is 6.49. The molecule has 0 saturated heterocycles. The van der Waals surface area contributed by atoms with E-state index in [1.807, 2.05) is 24.3 Å². The summed E-state index contributed by atoms with van der Waals surface area (Å²) in [6, 6.07) is 12.1. The SMILES string of the molecule is CCCCc1cc2cc3c(=O)[nH]c(=O)c4cc5c(CCCC)cc6cc7c(=O)[nH]c(=O)c8cc1c1c2c(c34)c5c6c1c78. The van der Waals surface area contributed by atoms with Gasteiger partial charge in [0.15, 0.2) is 0 Å². The van der Waals surface area contributed by atoms with Crippen LogP contribution >= 0.6 is 0 Å². The average molecular weight is 551 g/mol. The van der Waals surface area contributed by atoms with Gasteiger partial charge in [-0.05, 0) is 104 Å². The number of H-pyrrole nitrogens is 2. The van der Waals surface area contributed by atoms with Crippen molar-refractivity contribution in [2.45, 2.75) is 52.4 Å². The van der Waals surface area contributed by atoms with Crippen molar-refractivity contribution in [2.75, 3.05) is 0 Å². The third-order valence-electron chi connectivity index (χ3n) is 9.75. The molecule has 0 unspecified atom stereocenters. The Labute approximate surface area is 237 Å². The zero-order valence-electron chi connectivity index (χ0n) is 23.3. The zero-order chi connectivity index (χ0) is 28.6. The van der Waals surface area contributed by atoms with Crippen LogP contribution in [0.3, 0.4) is 0 Å². The van der Waals surface area contributed by atoms with Crippen molar-refractivity contribution in [2.24, 2.45) is 0 Å². The molecule has 42 heavy (non-hydrogen) atoms. The van der Waals surface area contributed by atoms with Crippen LogP contribution in [0.15, 0.2) is 55.6 Å². The number of unbranched alkanes of at least 4 members (excludes halogenated alkanes) is 2. The quantitative estimate of drug-likeness (QED) is 0.174. The third-order valence-corrected chi connectivity index (χ3v) is 9.75. The van der Waals surface area contributed by atoms with Crippen LogP contribution in [0.25, 0.3) is 86.2 Å². The Morgan fingerprint density at radius 3 is 1.19 bits per heavy atom. The standard InChI is InChI=1S/C36H26N2O4/c1-3-5-7-15-9-17-11-21-28-24(36(42)38-33(21)39)14-20-16(8-6-4-2)10-18-12-22-27-23(35(41)37-34(22)40)13-19(15)29-25(17)32(28)30(20)26(18)31(27)29/h9-14H,3-8H2,1-2H3,(H,37,40,41)(H,38,39,42). The van der Waals surface area contributed by atoms with Gasteiger partial charge in [0.25, 0.3) is 22.2 Å². The molecule has 9 aromatic rings. The summed E-state index contributed by atoms with van der Waals surface area (Å²) in [6.07, 6.45) is 5.65. The van der Waals surface area contributed by atoms with Crippen LogP contribution in [-0.4, -0.2) is 9.97 Å². The van der Waals surface area contributed by atoms with Crippen LogP contribution in [0, 0.1) is 0 Å². The van der Waals surface area contributed by atoms with E-state index in [0.29, 0.717) is 32.3 Å². The molecule has 6 nitrogen and oxygen atoms in total. The zero-order valence-corrected chi connectivity index (χ0v) is 23.3. The number of aryl methyl sites for hydroxylation is 2. The van der Waals surface area contributed by atoms with Gasteiger partial charge in [-0.3, -0.25) is 29.1 Å². The Kier molecular flexibility index (Phi) is 4.49. The van der Waals surface area contributed by atoms with Gasteiger partial charge in [0.05, 0.1) is 0 Å². The second-order valence-corrected chi connectivity index (χ2v) is 12.1. The number of nitrogens with one attached hydrogen (secondary N) is 2. The van der Waals surface area contributed by atoms with Gasteiger partial charge in [-0.2, -0.15) is 0 Å². The Balaban J connectivity index is 1.72. The van der Waals surface area contributed by atoms with Gasteiger partial charge >= 0.3 is 0 Å². The minimum Gasteiger partial charge on any atom is -0.288 e. The number of hydrogen-bond donors (Lipinski definition) is 2. The maximum Gasteiger partial charge on any atom is 0.258 e. The van der Waals surface area contributed by atoms with E-state index < -0.39 is 0 Å². The second-order valence-electron chi connectivity index (χ2n) is 12.1. The first kappa shape index (κ1) is 23.8. The van der Waals surface area contributed by atoms with Gasteiger partial charge in [0, 0.05) is 43.1 Å². The van der Waals surface area contributed by atoms with Crippen molar-refractivity contribution in [3.63, 3.8) is 0 Å². The summed E-state index contributed by atoms with van der Waals surface area (Å²) in [5.74, 6) is 0. The molecule has 7 aromatic carbocycles. The van der Waals surface area contributed by atoms with E-state index in [9.17, 15) is 19.2 Å². The van der Waals surface area contributed by atoms with Crippen molar-refractivity contribution in [1.82, 2.24) is 9.97 Å². The Morgan fingerprint density at radius 2 is 0.810 bits per heavy atom. The predicted molar refractivity (Wildman–Crippen MR) is 173 cm³/mol. The van der Waals surface area contributed by atoms with Gasteiger partial charge in [-0.25, -0.2) is 0 Å². The van der Waals surface area contributed by atoms with Crippen molar-refractivity contribution < 1.29 is 0 Å². The topological polar surface area (TPSA) is 99.9 Å². The fourth-order valence-corrected chi connectivity index (χ4v) is 7.98. The van der Waals surface area contributed by atoms with E-state index in [0.717, 1.165) is 104 Å². The fourth-order valence-electron chi connectivity index (χ4n) is 7.98. The lowest BCUT2D eigenvalue weighted by Gasteiger charge is -2.25. The molecule has 204 valence electrons. The molecule has 0 radical (unpaired) electrons. The molecule has 9 rings (SSSR count). The maximum atomic E-state index is 13.4. The summed E-state index contributed by atoms with van der Waals surface area (Å²) in [4.78, 5) is 58.5. The molecule has 0 fully saturated rings. The van der Waals surface area contributed by atoms with E-state index in [-0.39, 0.29) is 22.2 Å². The molecule has 0 aliphatic heterocycles. The number of aromatic nitrogens is 2. The van der Waals surface area contributed by atoms with Crippen LogP contribution < -0.4 is 22.2 Å². The first-order valence-corrected chi connectivity index (χ1v) is 14.9. The Bertz CT molecular complexity index is 2600. The van der Waals surface area contributed by atoms with E-state index in [4.69, 9.17) is 0 Å². The van der Waals surface area contributed by atoms with Crippen molar-refractivity contribution in [1.29, 1.82) is 0 Å². The third kappa shape index (κ3) is 2.70. The molecular formula is C36H26N2O4. The van der Waals surface area contributed by atoms with Crippen molar-refractivity contribution >= 4 is 86.2 Å². The second kappa shape index (κ2) is 7.91. The van der Waals surface area contributed by atoms with Gasteiger partial charge in [-0.15, -0.1) is 0 Å². The highest BCUT2D eigenvalue weighted by atomic mass is 16.2. The van der Waals surface area contributed by atoms with Crippen molar-refractivity contribution in [3.05, 3.63) is 88.9 Å². The summed E-state index contributed by atoms with van der Waals surface area (Å²) in [5.41, 5.74) is 0.750. The van der Waals surface area contributed by atoms with Crippen LogP contribution in [0.5, 0.6) is 0 Å². The summed E-state index contributed by atoms with van der Waals surface area (Å²) in [6.45, 7) is 4.31. The van der Waals surface area contributed by atoms with E-state index in [2.05, 4.69) is 35.9 Å². The van der Waals surface area contributed by atoms with Crippen LogP contribution in [0.4, 0.5) is 0 Å². The molecular weight excluding hydrogens is 524 g/mol. The van der Waals surface area contributed by atoms with Gasteiger partial charge < -0.3 is 0 Å². The normalized spacial score (nSPS) is 13.0. The molecule has 0 bridgehead atoms. The Morgan fingerprint density at radius 1 is 0.429 bits per heavy atom. The number of rotatable bonds is 6. The largest absolute Gasteiger partial charge is 0.288 e. The fraction of sp³-hybridized carbons (Fsp3) is 0.222. The summed E-state index contributed by atoms with van der Waals surface area (Å²) in [5, 5.41) is 13.3. The molecule has 6 heteroatoms. The highest BCUT2D eigenvalue weighted by Crippen LogP contribution is 2.52. The molecule has 0 atom stereocenters. The molecule has 2 heterocycles. The van der Waals surface area contributed by atoms with E-state index in [1.165, 1.54) is 0 Å². The Hall–Kier alpha value is -4.84. The molecule has 0 saturated carbocycles. The highest BCUT2D eigenvalue weighted by Gasteiger charge is 2.28. The summed E-state index contributed by atoms with van der Waals surface area (Å²) >= 11 is 0. The maximum absolute atomic E-state index is 13.4. The monoisotopic (exact) mass is 550 g/mol. The van der Waals surface area contributed by atoms with Gasteiger partial charge in [0.1, 0.15) is 0 Å². The van der Waals surface area contributed by atoms with E-state index >= 15 is 0 Å². The molecule has 2 aromatic heterocycles. The first-order chi connectivity index (χ1) is 20.4. The molecule has 2 N–H and O–H groups in total. The van der Waals surface area contributed by atoms with Gasteiger partial charge in [0.2, 0.25) is 0 Å². The lowest BCUT2D eigenvalue weighted by atomic mass is 9.77. The molecule has 0 aliphatic carbocycles. The van der Waals surface area contributed by atoms with Crippen LogP contribution in [0.1, 0.15) is 50.7 Å². The molecule has 0 spiro atoms. The summed E-state index contributed by atoms with van der Waals surface area (Å²) < 4.78 is 0. The molecule has 0 aliphatic rings. The number of hydrogen-bond acceptors (Lipinski definition) is 4. The smallest absolute Gasteiger partial charge is 0.258 e. The minimum absolute atomic E-state index is 0.371. The van der Waals surface area contributed by atoms with Crippen LogP contribution in [-0.2, 0) is 12.8 Å². The number of aromatic amines is 2. The predicted octanol–water partition coefficient (Wildman–Crippen LogP) is 6.88. The van der Waals surface area contributed by atoms with Crippen LogP contribution in [0.2, 0.25) is 0 Å². The first-order valence-electron chi connectivity index (χ1n) is 14.9. The average Bonchev–Trinajstić information content (AvgIpc) is 2.98. The number of pyridine rings is 2. The minimum atomic E-state index is -0.374. The van der Waals surface area contributed by atoms with E-state index in [1.54, 1.807) is 0 Å². The van der Waals surface area contributed by atoms with Gasteiger partial charge in [-0.1, -0.05) is 38.8 Å². The lowest BCUT2D eigenvalue weighted by molar-refractivity contribution is 0.799.